The molecule has 2 heterocycles. The van der Waals surface area contributed by atoms with Crippen molar-refractivity contribution in [2.45, 2.75) is 38.2 Å². The van der Waals surface area contributed by atoms with Crippen LogP contribution in [-0.2, 0) is 4.79 Å². The standard InChI is InChI=1S/C25H27BrF2N2O3/c26-19-5-4-6-22(14-19)33-23-7-10-30(25(32)17-11-20(27)15-21(28)12-17)16-18(23)13-24(31)29-8-2-1-3-9-29/h4-6,11-12,14-15,18,23H,1-3,7-10,13,16H2/t18-,23-/m0/s1. The van der Waals surface area contributed by atoms with Gasteiger partial charge in [0.25, 0.3) is 5.91 Å². The van der Waals surface area contributed by atoms with Crippen molar-refractivity contribution in [1.29, 1.82) is 0 Å². The molecule has 2 aromatic rings. The Morgan fingerprint density at radius 3 is 2.39 bits per heavy atom. The first kappa shape index (κ1) is 23.7. The van der Waals surface area contributed by atoms with Gasteiger partial charge in [-0.2, -0.15) is 0 Å². The SMILES string of the molecule is O=C(C[C@H]1CN(C(=O)c2cc(F)cc(F)c2)CC[C@@H]1Oc1cccc(Br)c1)N1CCCCC1. The van der Waals surface area contributed by atoms with Crippen LogP contribution in [0.3, 0.4) is 0 Å². The fraction of sp³-hybridized carbons (Fsp3) is 0.440. The highest BCUT2D eigenvalue weighted by molar-refractivity contribution is 9.10. The van der Waals surface area contributed by atoms with Gasteiger partial charge in [0.05, 0.1) is 0 Å². The number of benzene rings is 2. The number of rotatable bonds is 5. The van der Waals surface area contributed by atoms with E-state index in [1.807, 2.05) is 29.2 Å². The molecule has 0 aliphatic carbocycles. The van der Waals surface area contributed by atoms with E-state index in [2.05, 4.69) is 15.9 Å². The average Bonchev–Trinajstić information content (AvgIpc) is 2.79. The fourth-order valence-corrected chi connectivity index (χ4v) is 5.00. The third-order valence-corrected chi connectivity index (χ3v) is 6.78. The summed E-state index contributed by atoms with van der Waals surface area (Å²) in [6.45, 7) is 2.18. The molecule has 0 saturated carbocycles. The van der Waals surface area contributed by atoms with Gasteiger partial charge in [-0.3, -0.25) is 9.59 Å². The summed E-state index contributed by atoms with van der Waals surface area (Å²) >= 11 is 3.45. The van der Waals surface area contributed by atoms with Crippen LogP contribution in [0.4, 0.5) is 8.78 Å². The second-order valence-corrected chi connectivity index (χ2v) is 9.63. The molecule has 5 nitrogen and oxygen atoms in total. The summed E-state index contributed by atoms with van der Waals surface area (Å²) in [7, 11) is 0. The van der Waals surface area contributed by atoms with Gasteiger partial charge in [-0.05, 0) is 49.6 Å². The van der Waals surface area contributed by atoms with Crippen LogP contribution in [0, 0.1) is 17.6 Å². The Labute approximate surface area is 200 Å². The smallest absolute Gasteiger partial charge is 0.254 e. The van der Waals surface area contributed by atoms with Crippen molar-refractivity contribution in [2.24, 2.45) is 5.92 Å². The molecule has 2 amide bonds. The van der Waals surface area contributed by atoms with Crippen LogP contribution >= 0.6 is 15.9 Å². The van der Waals surface area contributed by atoms with Crippen LogP contribution in [0.15, 0.2) is 46.9 Å². The molecule has 2 aliphatic rings. The highest BCUT2D eigenvalue weighted by Crippen LogP contribution is 2.29. The highest BCUT2D eigenvalue weighted by Gasteiger charge is 2.36. The third-order valence-electron chi connectivity index (χ3n) is 6.29. The molecule has 176 valence electrons. The van der Waals surface area contributed by atoms with Crippen molar-refractivity contribution in [3.8, 4) is 5.75 Å². The summed E-state index contributed by atoms with van der Waals surface area (Å²) in [4.78, 5) is 29.5. The van der Waals surface area contributed by atoms with E-state index in [0.29, 0.717) is 18.7 Å². The molecule has 2 aliphatic heterocycles. The van der Waals surface area contributed by atoms with Gasteiger partial charge in [0.15, 0.2) is 0 Å². The van der Waals surface area contributed by atoms with Gasteiger partial charge in [0.2, 0.25) is 5.91 Å². The molecule has 2 saturated heterocycles. The third kappa shape index (κ3) is 6.10. The summed E-state index contributed by atoms with van der Waals surface area (Å²) in [5.41, 5.74) is -0.0278. The zero-order chi connectivity index (χ0) is 23.4. The number of halogens is 3. The molecule has 0 spiro atoms. The average molecular weight is 521 g/mol. The van der Waals surface area contributed by atoms with Crippen LogP contribution in [0.5, 0.6) is 5.75 Å². The first-order valence-corrected chi connectivity index (χ1v) is 12.1. The summed E-state index contributed by atoms with van der Waals surface area (Å²) in [6.07, 6.45) is 3.68. The molecular weight excluding hydrogens is 494 g/mol. The Hall–Kier alpha value is -2.48. The molecule has 0 bridgehead atoms. The number of ether oxygens (including phenoxy) is 1. The second kappa shape index (κ2) is 10.6. The Bertz CT molecular complexity index is 993. The van der Waals surface area contributed by atoms with Gasteiger partial charge in [-0.15, -0.1) is 0 Å². The monoisotopic (exact) mass is 520 g/mol. The highest BCUT2D eigenvalue weighted by atomic mass is 79.9. The van der Waals surface area contributed by atoms with E-state index in [9.17, 15) is 18.4 Å². The molecule has 33 heavy (non-hydrogen) atoms. The van der Waals surface area contributed by atoms with Crippen molar-refractivity contribution in [3.63, 3.8) is 0 Å². The summed E-state index contributed by atoms with van der Waals surface area (Å²) < 4.78 is 34.5. The lowest BCUT2D eigenvalue weighted by molar-refractivity contribution is -0.134. The summed E-state index contributed by atoms with van der Waals surface area (Å²) in [5.74, 6) is -1.49. The number of carbonyl (C=O) groups excluding carboxylic acids is 2. The first-order valence-electron chi connectivity index (χ1n) is 11.3. The van der Waals surface area contributed by atoms with Crippen molar-refractivity contribution in [3.05, 3.63) is 64.1 Å². The minimum Gasteiger partial charge on any atom is -0.490 e. The molecule has 0 aromatic heterocycles. The lowest BCUT2D eigenvalue weighted by Crippen LogP contribution is -2.50. The molecule has 2 aromatic carbocycles. The Morgan fingerprint density at radius 1 is 0.970 bits per heavy atom. The Morgan fingerprint density at radius 2 is 1.70 bits per heavy atom. The number of nitrogens with zero attached hydrogens (tertiary/aromatic N) is 2. The van der Waals surface area contributed by atoms with Gasteiger partial charge < -0.3 is 14.5 Å². The quantitative estimate of drug-likeness (QED) is 0.554. The minimum absolute atomic E-state index is 0.0278. The van der Waals surface area contributed by atoms with Crippen LogP contribution in [0.2, 0.25) is 0 Å². The largest absolute Gasteiger partial charge is 0.490 e. The van der Waals surface area contributed by atoms with E-state index < -0.39 is 17.5 Å². The molecule has 8 heteroatoms. The number of likely N-dealkylation sites (tertiary alicyclic amines) is 2. The van der Waals surface area contributed by atoms with Gasteiger partial charge in [-0.1, -0.05) is 22.0 Å². The summed E-state index contributed by atoms with van der Waals surface area (Å²) in [5, 5.41) is 0. The van der Waals surface area contributed by atoms with E-state index in [1.54, 1.807) is 4.90 Å². The molecule has 0 radical (unpaired) electrons. The van der Waals surface area contributed by atoms with E-state index in [-0.39, 0.29) is 36.5 Å². The van der Waals surface area contributed by atoms with Gasteiger partial charge in [-0.25, -0.2) is 8.78 Å². The fourth-order valence-electron chi connectivity index (χ4n) is 4.62. The van der Waals surface area contributed by atoms with Gasteiger partial charge >= 0.3 is 0 Å². The molecule has 2 atom stereocenters. The van der Waals surface area contributed by atoms with E-state index >= 15 is 0 Å². The Kier molecular flexibility index (Phi) is 7.63. The lowest BCUT2D eigenvalue weighted by Gasteiger charge is -2.39. The van der Waals surface area contributed by atoms with E-state index in [4.69, 9.17) is 4.74 Å². The number of carbonyl (C=O) groups is 2. The molecule has 0 N–H and O–H groups in total. The number of hydrogen-bond acceptors (Lipinski definition) is 3. The zero-order valence-electron chi connectivity index (χ0n) is 18.3. The topological polar surface area (TPSA) is 49.9 Å². The molecule has 4 rings (SSSR count). The number of hydrogen-bond donors (Lipinski definition) is 0. The molecular formula is C25H27BrF2N2O3. The molecule has 2 fully saturated rings. The number of piperidine rings is 2. The zero-order valence-corrected chi connectivity index (χ0v) is 19.9. The van der Waals surface area contributed by atoms with E-state index in [0.717, 1.165) is 55.0 Å². The van der Waals surface area contributed by atoms with Crippen LogP contribution in [0.25, 0.3) is 0 Å². The maximum absolute atomic E-state index is 13.7. The number of amides is 2. The Balaban J connectivity index is 1.51. The predicted molar refractivity (Wildman–Crippen MR) is 124 cm³/mol. The van der Waals surface area contributed by atoms with Crippen LogP contribution in [-0.4, -0.2) is 53.9 Å². The van der Waals surface area contributed by atoms with Crippen molar-refractivity contribution in [2.75, 3.05) is 26.2 Å². The maximum atomic E-state index is 13.7. The second-order valence-electron chi connectivity index (χ2n) is 8.72. The van der Waals surface area contributed by atoms with Crippen molar-refractivity contribution in [1.82, 2.24) is 9.80 Å². The van der Waals surface area contributed by atoms with Gasteiger partial charge in [0, 0.05) is 61.0 Å². The van der Waals surface area contributed by atoms with Crippen LogP contribution < -0.4 is 4.74 Å². The first-order chi connectivity index (χ1) is 15.9. The normalized spacial score (nSPS) is 21.1. The van der Waals surface area contributed by atoms with Crippen LogP contribution in [0.1, 0.15) is 42.5 Å². The van der Waals surface area contributed by atoms with E-state index in [1.165, 1.54) is 0 Å². The predicted octanol–water partition coefficient (Wildman–Crippen LogP) is 5.04. The lowest BCUT2D eigenvalue weighted by atomic mass is 9.90. The maximum Gasteiger partial charge on any atom is 0.254 e. The minimum atomic E-state index is -0.789. The van der Waals surface area contributed by atoms with Crippen molar-refractivity contribution >= 4 is 27.7 Å². The van der Waals surface area contributed by atoms with Crippen molar-refractivity contribution < 1.29 is 23.1 Å². The van der Waals surface area contributed by atoms with Gasteiger partial charge in [0.1, 0.15) is 23.5 Å². The summed E-state index contributed by atoms with van der Waals surface area (Å²) in [6, 6.07) is 10.4. The molecule has 0 unspecified atom stereocenters.